The predicted molar refractivity (Wildman–Crippen MR) is 112 cm³/mol. The second-order valence-electron chi connectivity index (χ2n) is 6.20. The Kier molecular flexibility index (Phi) is 6.21. The van der Waals surface area contributed by atoms with Crippen LogP contribution in [0.15, 0.2) is 64.5 Å². The molecule has 2 aromatic rings. The van der Waals surface area contributed by atoms with Gasteiger partial charge in [-0.1, -0.05) is 36.0 Å². The van der Waals surface area contributed by atoms with Crippen molar-refractivity contribution in [3.63, 3.8) is 0 Å². The summed E-state index contributed by atoms with van der Waals surface area (Å²) in [4.78, 5) is 16.9. The number of amides is 1. The normalized spacial score (nSPS) is 16.8. The first-order valence-electron chi connectivity index (χ1n) is 8.49. The number of methoxy groups -OCH3 is 1. The summed E-state index contributed by atoms with van der Waals surface area (Å²) in [6.45, 7) is 0. The van der Waals surface area contributed by atoms with Gasteiger partial charge in [0.2, 0.25) is 5.91 Å². The summed E-state index contributed by atoms with van der Waals surface area (Å²) in [5.74, 6) is 1.27. The molecule has 28 heavy (non-hydrogen) atoms. The fourth-order valence-electron chi connectivity index (χ4n) is 2.58. The molecule has 3 rings (SSSR count). The van der Waals surface area contributed by atoms with Crippen molar-refractivity contribution in [3.05, 3.63) is 65.7 Å². The molecule has 1 unspecified atom stereocenters. The first-order valence-corrected chi connectivity index (χ1v) is 11.4. The van der Waals surface area contributed by atoms with Crippen molar-refractivity contribution >= 4 is 38.7 Å². The predicted octanol–water partition coefficient (Wildman–Crippen LogP) is 3.07. The number of sulfone groups is 1. The molecule has 2 aromatic carbocycles. The first-order chi connectivity index (χ1) is 13.3. The molecule has 1 atom stereocenters. The van der Waals surface area contributed by atoms with Crippen molar-refractivity contribution in [2.75, 3.05) is 19.1 Å². The third-order valence-corrected chi connectivity index (χ3v) is 6.21. The van der Waals surface area contributed by atoms with Crippen LogP contribution in [0.2, 0.25) is 0 Å². The molecule has 0 saturated heterocycles. The van der Waals surface area contributed by atoms with Gasteiger partial charge in [0.05, 0.1) is 18.0 Å². The quantitative estimate of drug-likeness (QED) is 0.757. The molecule has 8 heteroatoms. The topological polar surface area (TPSA) is 84.8 Å². The van der Waals surface area contributed by atoms with Gasteiger partial charge in [-0.15, -0.1) is 0 Å². The van der Waals surface area contributed by atoms with Crippen LogP contribution in [-0.4, -0.2) is 38.6 Å². The molecule has 0 aliphatic carbocycles. The Labute approximate surface area is 168 Å². The van der Waals surface area contributed by atoms with Crippen LogP contribution in [0.25, 0.3) is 6.08 Å². The second kappa shape index (κ2) is 8.62. The Morgan fingerprint density at radius 3 is 2.46 bits per heavy atom. The molecule has 1 aliphatic heterocycles. The highest BCUT2D eigenvalue weighted by molar-refractivity contribution is 8.14. The molecule has 0 aromatic heterocycles. The lowest BCUT2D eigenvalue weighted by atomic mass is 10.1. The van der Waals surface area contributed by atoms with Gasteiger partial charge in [-0.2, -0.15) is 0 Å². The zero-order valence-corrected chi connectivity index (χ0v) is 17.1. The number of carbonyl (C=O) groups excluding carboxylic acids is 1. The summed E-state index contributed by atoms with van der Waals surface area (Å²) in [7, 11) is -1.60. The van der Waals surface area contributed by atoms with E-state index in [0.717, 1.165) is 28.9 Å². The van der Waals surface area contributed by atoms with E-state index in [1.54, 1.807) is 25.3 Å². The van der Waals surface area contributed by atoms with Gasteiger partial charge in [0.15, 0.2) is 15.0 Å². The molecule has 0 fully saturated rings. The molecule has 0 saturated carbocycles. The van der Waals surface area contributed by atoms with Crippen LogP contribution in [0.4, 0.5) is 0 Å². The van der Waals surface area contributed by atoms with Crippen molar-refractivity contribution in [3.8, 4) is 5.75 Å². The van der Waals surface area contributed by atoms with Gasteiger partial charge in [0.1, 0.15) is 5.75 Å². The van der Waals surface area contributed by atoms with Crippen LogP contribution in [0.3, 0.4) is 0 Å². The molecule has 1 N–H and O–H groups in total. The van der Waals surface area contributed by atoms with E-state index in [0.29, 0.717) is 5.17 Å². The number of ether oxygens (including phenoxy) is 1. The number of hydrogen-bond donors (Lipinski definition) is 1. The molecule has 0 bridgehead atoms. The van der Waals surface area contributed by atoms with E-state index in [1.807, 2.05) is 24.3 Å². The van der Waals surface area contributed by atoms with Crippen LogP contribution in [-0.2, 0) is 14.6 Å². The van der Waals surface area contributed by atoms with Gasteiger partial charge in [-0.25, -0.2) is 8.42 Å². The highest BCUT2D eigenvalue weighted by Gasteiger charge is 2.20. The van der Waals surface area contributed by atoms with Gasteiger partial charge in [0, 0.05) is 18.1 Å². The molecule has 1 amide bonds. The Balaban J connectivity index is 1.59. The van der Waals surface area contributed by atoms with Crippen LogP contribution in [0, 0.1) is 0 Å². The Morgan fingerprint density at radius 1 is 1.18 bits per heavy atom. The average molecular weight is 417 g/mol. The standard InChI is InChI=1S/C20H20N2O4S2/c1-26-16-8-6-15(7-9-16)18-13-27-20(21-18)22-19(23)12-5-14-3-10-17(11-4-14)28(2,24)25/h3-12,18H,13H2,1-2H3,(H,21,22,23)/b12-5+. The van der Waals surface area contributed by atoms with Crippen LogP contribution < -0.4 is 10.1 Å². The smallest absolute Gasteiger partial charge is 0.249 e. The number of nitrogens with zero attached hydrogens (tertiary/aromatic N) is 1. The van der Waals surface area contributed by atoms with Crippen molar-refractivity contribution in [2.24, 2.45) is 4.99 Å². The molecule has 146 valence electrons. The maximum Gasteiger partial charge on any atom is 0.249 e. The minimum atomic E-state index is -3.23. The van der Waals surface area contributed by atoms with E-state index in [1.165, 1.54) is 30.0 Å². The lowest BCUT2D eigenvalue weighted by molar-refractivity contribution is -0.115. The molecular weight excluding hydrogens is 396 g/mol. The monoisotopic (exact) mass is 416 g/mol. The second-order valence-corrected chi connectivity index (χ2v) is 9.22. The first kappa shape index (κ1) is 20.2. The van der Waals surface area contributed by atoms with Crippen LogP contribution in [0.1, 0.15) is 17.2 Å². The fraction of sp³-hybridized carbons (Fsp3) is 0.200. The number of nitrogens with one attached hydrogen (secondary N) is 1. The maximum atomic E-state index is 12.1. The summed E-state index contributed by atoms with van der Waals surface area (Å²) in [6, 6.07) is 14.1. The van der Waals surface area contributed by atoms with E-state index in [4.69, 9.17) is 4.74 Å². The maximum absolute atomic E-state index is 12.1. The van der Waals surface area contributed by atoms with Gasteiger partial charge in [-0.3, -0.25) is 9.79 Å². The van der Waals surface area contributed by atoms with Crippen molar-refractivity contribution in [2.45, 2.75) is 10.9 Å². The van der Waals surface area contributed by atoms with E-state index >= 15 is 0 Å². The summed E-state index contributed by atoms with van der Waals surface area (Å²) >= 11 is 1.50. The molecule has 1 heterocycles. The Morgan fingerprint density at radius 2 is 1.86 bits per heavy atom. The summed E-state index contributed by atoms with van der Waals surface area (Å²) in [5, 5.41) is 3.36. The minimum Gasteiger partial charge on any atom is -0.497 e. The van der Waals surface area contributed by atoms with E-state index in [9.17, 15) is 13.2 Å². The Bertz CT molecular complexity index is 1010. The number of amidine groups is 1. The van der Waals surface area contributed by atoms with E-state index in [2.05, 4.69) is 10.3 Å². The molecule has 6 nitrogen and oxygen atoms in total. The molecular formula is C20H20N2O4S2. The minimum absolute atomic E-state index is 0.00118. The number of carbonyl (C=O) groups is 1. The fourth-order valence-corrected chi connectivity index (χ4v) is 4.17. The highest BCUT2D eigenvalue weighted by Crippen LogP contribution is 2.30. The van der Waals surface area contributed by atoms with E-state index < -0.39 is 9.84 Å². The van der Waals surface area contributed by atoms with E-state index in [-0.39, 0.29) is 16.8 Å². The zero-order chi connectivity index (χ0) is 20.1. The third kappa shape index (κ3) is 5.24. The van der Waals surface area contributed by atoms with Crippen molar-refractivity contribution in [1.82, 2.24) is 5.32 Å². The van der Waals surface area contributed by atoms with Gasteiger partial charge >= 0.3 is 0 Å². The summed E-state index contributed by atoms with van der Waals surface area (Å²) < 4.78 is 28.1. The summed E-state index contributed by atoms with van der Waals surface area (Å²) in [5.41, 5.74) is 1.80. The molecule has 0 spiro atoms. The molecule has 0 radical (unpaired) electrons. The lowest BCUT2D eigenvalue weighted by Crippen LogP contribution is -2.25. The zero-order valence-electron chi connectivity index (χ0n) is 15.5. The number of rotatable bonds is 5. The number of hydrogen-bond acceptors (Lipinski definition) is 6. The highest BCUT2D eigenvalue weighted by atomic mass is 32.2. The summed E-state index contributed by atoms with van der Waals surface area (Å²) in [6.07, 6.45) is 4.19. The van der Waals surface area contributed by atoms with Gasteiger partial charge in [0.25, 0.3) is 0 Å². The number of benzene rings is 2. The third-order valence-electron chi connectivity index (χ3n) is 4.12. The lowest BCUT2D eigenvalue weighted by Gasteiger charge is -2.06. The number of thioether (sulfide) groups is 1. The van der Waals surface area contributed by atoms with Gasteiger partial charge in [-0.05, 0) is 41.5 Å². The van der Waals surface area contributed by atoms with Crippen LogP contribution in [0.5, 0.6) is 5.75 Å². The largest absolute Gasteiger partial charge is 0.497 e. The molecule has 1 aliphatic rings. The average Bonchev–Trinajstić information content (AvgIpc) is 3.14. The van der Waals surface area contributed by atoms with Crippen LogP contribution >= 0.6 is 11.8 Å². The van der Waals surface area contributed by atoms with Crippen molar-refractivity contribution in [1.29, 1.82) is 0 Å². The van der Waals surface area contributed by atoms with Crippen molar-refractivity contribution < 1.29 is 17.9 Å². The SMILES string of the molecule is COc1ccc(C2CSC(NC(=O)/C=C/c3ccc(S(C)(=O)=O)cc3)=N2)cc1. The van der Waals surface area contributed by atoms with Gasteiger partial charge < -0.3 is 10.1 Å². The number of aliphatic imine (C=N–C) groups is 1. The Hall–Kier alpha value is -2.58.